The van der Waals surface area contributed by atoms with Crippen molar-refractivity contribution in [2.45, 2.75) is 115 Å². The normalized spacial score (nSPS) is 15.6. The standard InChI is InChI=1S/C41H54N4O8/c1-5-14-32(36(47)39(50)42-25-34(46)52-26-27-15-8-6-9-16-27)43-37(48)33(24-28-21-22-29-17-12-13-20-31(29)23-28)44-38(49)35(30-18-10-7-11-19-30)45-40(51)53-41(2,3)4/h6,8-9,12-13,15-17,20-23,30,32-33,35-36,47H,5,7,10-11,14,18-19,24-26H2,1-4H3,(H,42,50)(H,43,48)(H,44,49)(H,45,51)/t32?,33-,35-,36?/m0/s1. The van der Waals surface area contributed by atoms with Gasteiger partial charge in [-0.15, -0.1) is 0 Å². The SMILES string of the molecule is CCCC(NC(=O)[C@H](Cc1ccc2ccccc2c1)NC(=O)[C@@H](NC(=O)OC(C)(C)C)C1CCCCC1)C(O)C(=O)NCC(=O)OCc1ccccc1. The molecule has 4 atom stereocenters. The molecule has 0 radical (unpaired) electrons. The molecule has 4 rings (SSSR count). The summed E-state index contributed by atoms with van der Waals surface area (Å²) in [7, 11) is 0. The number of ether oxygens (including phenoxy) is 2. The van der Waals surface area contributed by atoms with E-state index in [1.165, 1.54) is 0 Å². The Bertz CT molecular complexity index is 1690. The number of benzene rings is 3. The van der Waals surface area contributed by atoms with Crippen LogP contribution in [0.15, 0.2) is 72.8 Å². The van der Waals surface area contributed by atoms with Gasteiger partial charge in [0, 0.05) is 6.42 Å². The smallest absolute Gasteiger partial charge is 0.408 e. The largest absolute Gasteiger partial charge is 0.460 e. The van der Waals surface area contributed by atoms with Gasteiger partial charge >= 0.3 is 12.1 Å². The molecule has 2 unspecified atom stereocenters. The molecule has 12 heteroatoms. The van der Waals surface area contributed by atoms with Crippen LogP contribution in [0.3, 0.4) is 0 Å². The van der Waals surface area contributed by atoms with Crippen LogP contribution < -0.4 is 21.3 Å². The number of hydrogen-bond acceptors (Lipinski definition) is 8. The first-order valence-corrected chi connectivity index (χ1v) is 18.6. The quantitative estimate of drug-likeness (QED) is 0.130. The molecule has 3 aromatic carbocycles. The van der Waals surface area contributed by atoms with Crippen molar-refractivity contribution in [2.24, 2.45) is 5.92 Å². The molecule has 0 aromatic heterocycles. The van der Waals surface area contributed by atoms with E-state index >= 15 is 0 Å². The lowest BCUT2D eigenvalue weighted by Gasteiger charge is -2.32. The predicted octanol–water partition coefficient (Wildman–Crippen LogP) is 4.85. The average Bonchev–Trinajstić information content (AvgIpc) is 3.14. The monoisotopic (exact) mass is 730 g/mol. The Hall–Kier alpha value is -4.97. The van der Waals surface area contributed by atoms with E-state index in [0.29, 0.717) is 6.42 Å². The van der Waals surface area contributed by atoms with Crippen molar-refractivity contribution in [1.82, 2.24) is 21.3 Å². The summed E-state index contributed by atoms with van der Waals surface area (Å²) in [6, 6.07) is 19.5. The fraction of sp³-hybridized carbons (Fsp3) is 0.488. The highest BCUT2D eigenvalue weighted by Gasteiger charge is 2.36. The van der Waals surface area contributed by atoms with Gasteiger partial charge in [-0.3, -0.25) is 19.2 Å². The summed E-state index contributed by atoms with van der Waals surface area (Å²) < 4.78 is 10.7. The van der Waals surface area contributed by atoms with E-state index in [4.69, 9.17) is 9.47 Å². The average molecular weight is 731 g/mol. The number of hydrogen-bond donors (Lipinski definition) is 5. The molecule has 1 aliphatic carbocycles. The zero-order chi connectivity index (χ0) is 38.4. The van der Waals surface area contributed by atoms with Crippen LogP contribution in [-0.4, -0.2) is 71.3 Å². The molecule has 0 bridgehead atoms. The van der Waals surface area contributed by atoms with Crippen molar-refractivity contribution in [3.05, 3.63) is 83.9 Å². The summed E-state index contributed by atoms with van der Waals surface area (Å²) in [5, 5.41) is 23.9. The van der Waals surface area contributed by atoms with Crippen LogP contribution in [-0.2, 0) is 41.7 Å². The summed E-state index contributed by atoms with van der Waals surface area (Å²) in [5.41, 5.74) is 0.784. The van der Waals surface area contributed by atoms with Crippen molar-refractivity contribution in [2.75, 3.05) is 6.54 Å². The molecule has 0 saturated heterocycles. The van der Waals surface area contributed by atoms with Crippen molar-refractivity contribution in [3.8, 4) is 0 Å². The topological polar surface area (TPSA) is 172 Å². The van der Waals surface area contributed by atoms with Gasteiger partial charge in [0.25, 0.3) is 5.91 Å². The Morgan fingerprint density at radius 2 is 1.47 bits per heavy atom. The Labute approximate surface area is 311 Å². The molecular weight excluding hydrogens is 676 g/mol. The number of nitrogens with one attached hydrogen (secondary N) is 4. The molecule has 0 heterocycles. The van der Waals surface area contributed by atoms with Crippen LogP contribution in [0.1, 0.15) is 83.8 Å². The molecule has 1 saturated carbocycles. The van der Waals surface area contributed by atoms with Gasteiger partial charge in [-0.1, -0.05) is 105 Å². The fourth-order valence-corrected chi connectivity index (χ4v) is 6.51. The van der Waals surface area contributed by atoms with Crippen molar-refractivity contribution in [1.29, 1.82) is 0 Å². The minimum Gasteiger partial charge on any atom is -0.460 e. The molecule has 12 nitrogen and oxygen atoms in total. The van der Waals surface area contributed by atoms with Crippen LogP contribution in [0.5, 0.6) is 0 Å². The lowest BCUT2D eigenvalue weighted by atomic mass is 9.83. The lowest BCUT2D eigenvalue weighted by molar-refractivity contribution is -0.146. The molecule has 286 valence electrons. The third kappa shape index (κ3) is 13.2. The van der Waals surface area contributed by atoms with E-state index in [2.05, 4.69) is 21.3 Å². The second-order valence-electron chi connectivity index (χ2n) is 14.7. The number of esters is 1. The fourth-order valence-electron chi connectivity index (χ4n) is 6.51. The highest BCUT2D eigenvalue weighted by atomic mass is 16.6. The minimum atomic E-state index is -1.69. The number of fused-ring (bicyclic) bond motifs is 1. The van der Waals surface area contributed by atoms with Crippen molar-refractivity contribution in [3.63, 3.8) is 0 Å². The maximum Gasteiger partial charge on any atom is 0.408 e. The summed E-state index contributed by atoms with van der Waals surface area (Å²) in [4.78, 5) is 66.4. The Morgan fingerprint density at radius 1 is 0.792 bits per heavy atom. The third-order valence-corrected chi connectivity index (χ3v) is 9.19. The van der Waals surface area contributed by atoms with E-state index in [9.17, 15) is 29.1 Å². The molecular formula is C41H54N4O8. The van der Waals surface area contributed by atoms with Crippen LogP contribution in [0.2, 0.25) is 0 Å². The van der Waals surface area contributed by atoms with E-state index in [1.807, 2.05) is 67.6 Å². The van der Waals surface area contributed by atoms with E-state index in [1.54, 1.807) is 32.9 Å². The van der Waals surface area contributed by atoms with E-state index in [-0.39, 0.29) is 25.4 Å². The zero-order valence-corrected chi connectivity index (χ0v) is 31.2. The second kappa shape index (κ2) is 19.8. The third-order valence-electron chi connectivity index (χ3n) is 9.19. The summed E-state index contributed by atoms with van der Waals surface area (Å²) in [6.45, 7) is 6.63. The number of aliphatic hydroxyl groups is 1. The van der Waals surface area contributed by atoms with Crippen LogP contribution in [0.4, 0.5) is 4.79 Å². The highest BCUT2D eigenvalue weighted by molar-refractivity contribution is 5.93. The van der Waals surface area contributed by atoms with Crippen LogP contribution in [0, 0.1) is 5.92 Å². The Morgan fingerprint density at radius 3 is 2.15 bits per heavy atom. The number of carbonyl (C=O) groups is 5. The Balaban J connectivity index is 1.50. The first-order chi connectivity index (χ1) is 25.3. The number of carbonyl (C=O) groups excluding carboxylic acids is 5. The Kier molecular flexibility index (Phi) is 15.2. The van der Waals surface area contributed by atoms with Gasteiger partial charge in [-0.2, -0.15) is 0 Å². The van der Waals surface area contributed by atoms with Crippen molar-refractivity contribution >= 4 is 40.6 Å². The maximum atomic E-state index is 14.1. The molecule has 0 spiro atoms. The van der Waals surface area contributed by atoms with Gasteiger partial charge in [0.05, 0.1) is 6.04 Å². The van der Waals surface area contributed by atoms with Gasteiger partial charge in [0.15, 0.2) is 6.10 Å². The first kappa shape index (κ1) is 40.8. The van der Waals surface area contributed by atoms with Gasteiger partial charge in [0.1, 0.15) is 30.8 Å². The van der Waals surface area contributed by atoms with Gasteiger partial charge in [-0.05, 0) is 67.9 Å². The number of alkyl carbamates (subject to hydrolysis) is 1. The molecule has 0 aliphatic heterocycles. The van der Waals surface area contributed by atoms with E-state index in [0.717, 1.165) is 54.0 Å². The van der Waals surface area contributed by atoms with Crippen LogP contribution in [0.25, 0.3) is 10.8 Å². The van der Waals surface area contributed by atoms with Gasteiger partial charge < -0.3 is 35.8 Å². The lowest BCUT2D eigenvalue weighted by Crippen LogP contribution is -2.59. The minimum absolute atomic E-state index is 0.0336. The van der Waals surface area contributed by atoms with Gasteiger partial charge in [-0.25, -0.2) is 4.79 Å². The molecule has 1 fully saturated rings. The molecule has 5 N–H and O–H groups in total. The van der Waals surface area contributed by atoms with Crippen molar-refractivity contribution < 1.29 is 38.6 Å². The number of aliphatic hydroxyl groups excluding tert-OH is 1. The second-order valence-corrected chi connectivity index (χ2v) is 14.7. The predicted molar refractivity (Wildman–Crippen MR) is 201 cm³/mol. The summed E-state index contributed by atoms with van der Waals surface area (Å²) >= 11 is 0. The molecule has 3 aromatic rings. The van der Waals surface area contributed by atoms with Crippen LogP contribution >= 0.6 is 0 Å². The first-order valence-electron chi connectivity index (χ1n) is 18.6. The molecule has 53 heavy (non-hydrogen) atoms. The molecule has 4 amide bonds. The van der Waals surface area contributed by atoms with E-state index < -0.39 is 66.2 Å². The maximum absolute atomic E-state index is 14.1. The molecule has 1 aliphatic rings. The number of amides is 4. The summed E-state index contributed by atoms with van der Waals surface area (Å²) in [6.07, 6.45) is 2.75. The zero-order valence-electron chi connectivity index (χ0n) is 31.2. The summed E-state index contributed by atoms with van der Waals surface area (Å²) in [5.74, 6) is -2.83. The highest BCUT2D eigenvalue weighted by Crippen LogP contribution is 2.27. The van der Waals surface area contributed by atoms with Gasteiger partial charge in [0.2, 0.25) is 11.8 Å². The number of rotatable bonds is 16.